The molecule has 1 heterocycles. The number of nitrogens with zero attached hydrogens (tertiary/aromatic N) is 1. The predicted molar refractivity (Wildman–Crippen MR) is 67.5 cm³/mol. The van der Waals surface area contributed by atoms with Crippen LogP contribution >= 0.6 is 12.6 Å². The highest BCUT2D eigenvalue weighted by Crippen LogP contribution is 2.27. The van der Waals surface area contributed by atoms with Crippen LogP contribution in [0.25, 0.3) is 0 Å². The summed E-state index contributed by atoms with van der Waals surface area (Å²) >= 11 is 4.20. The Morgan fingerprint density at radius 1 is 1.56 bits per heavy atom. The van der Waals surface area contributed by atoms with Gasteiger partial charge in [-0.15, -0.1) is 0 Å². The van der Waals surface area contributed by atoms with E-state index in [1.165, 1.54) is 24.1 Å². The molecule has 0 saturated carbocycles. The first-order valence-corrected chi connectivity index (χ1v) is 5.91. The van der Waals surface area contributed by atoms with Crippen LogP contribution in [-0.2, 0) is 9.53 Å². The van der Waals surface area contributed by atoms with Gasteiger partial charge in [0, 0.05) is 18.2 Å². The first kappa shape index (κ1) is 12.9. The molecule has 18 heavy (non-hydrogen) atoms. The summed E-state index contributed by atoms with van der Waals surface area (Å²) in [6.07, 6.45) is 0.293. The summed E-state index contributed by atoms with van der Waals surface area (Å²) < 4.78 is 18.4. The molecule has 1 amide bonds. The molecular weight excluding hydrogens is 257 g/mol. The molecule has 1 aliphatic rings. The fraction of sp³-hybridized carbons (Fsp3) is 0.333. The van der Waals surface area contributed by atoms with E-state index in [1.807, 2.05) is 0 Å². The highest BCUT2D eigenvalue weighted by Gasteiger charge is 2.30. The fourth-order valence-corrected chi connectivity index (χ4v) is 2.21. The second-order valence-electron chi connectivity index (χ2n) is 4.02. The van der Waals surface area contributed by atoms with Gasteiger partial charge in [0.25, 0.3) is 0 Å². The molecule has 0 N–H and O–H groups in total. The minimum absolute atomic E-state index is 0.0859. The van der Waals surface area contributed by atoms with Crippen LogP contribution in [0.2, 0.25) is 0 Å². The lowest BCUT2D eigenvalue weighted by atomic mass is 10.2. The molecule has 1 aliphatic heterocycles. The van der Waals surface area contributed by atoms with Crippen molar-refractivity contribution in [1.82, 2.24) is 0 Å². The van der Waals surface area contributed by atoms with Crippen molar-refractivity contribution in [2.45, 2.75) is 11.7 Å². The van der Waals surface area contributed by atoms with Gasteiger partial charge in [-0.05, 0) is 18.2 Å². The number of rotatable bonds is 2. The summed E-state index contributed by atoms with van der Waals surface area (Å²) in [6.45, 7) is 0.371. The Balaban J connectivity index is 2.30. The van der Waals surface area contributed by atoms with Crippen molar-refractivity contribution in [3.05, 3.63) is 29.6 Å². The maximum Gasteiger partial charge on any atom is 0.337 e. The monoisotopic (exact) mass is 269 g/mol. The number of anilines is 1. The van der Waals surface area contributed by atoms with Gasteiger partial charge in [-0.1, -0.05) is 0 Å². The number of hydrogen-bond donors (Lipinski definition) is 1. The SMILES string of the molecule is COC(=O)c1ccc(N2CC(S)CC2=O)c(F)c1. The number of hydrogen-bond acceptors (Lipinski definition) is 4. The summed E-state index contributed by atoms with van der Waals surface area (Å²) in [7, 11) is 1.23. The summed E-state index contributed by atoms with van der Waals surface area (Å²) in [5, 5.41) is -0.0859. The number of halogens is 1. The largest absolute Gasteiger partial charge is 0.465 e. The van der Waals surface area contributed by atoms with Crippen molar-refractivity contribution in [2.75, 3.05) is 18.6 Å². The molecule has 0 bridgehead atoms. The van der Waals surface area contributed by atoms with Gasteiger partial charge >= 0.3 is 5.97 Å². The van der Waals surface area contributed by atoms with Crippen molar-refractivity contribution >= 4 is 30.2 Å². The molecule has 1 fully saturated rings. The maximum absolute atomic E-state index is 13.9. The van der Waals surface area contributed by atoms with Crippen LogP contribution in [-0.4, -0.2) is 30.8 Å². The third-order valence-corrected chi connectivity index (χ3v) is 3.11. The normalized spacial score (nSPS) is 19.2. The van der Waals surface area contributed by atoms with Crippen molar-refractivity contribution in [2.24, 2.45) is 0 Å². The number of ether oxygens (including phenoxy) is 1. The first-order chi connectivity index (χ1) is 8.52. The average Bonchev–Trinajstić information content (AvgIpc) is 2.67. The zero-order valence-corrected chi connectivity index (χ0v) is 10.6. The molecule has 4 nitrogen and oxygen atoms in total. The summed E-state index contributed by atoms with van der Waals surface area (Å²) in [5.41, 5.74) is 0.289. The molecule has 96 valence electrons. The topological polar surface area (TPSA) is 46.6 Å². The van der Waals surface area contributed by atoms with Gasteiger partial charge in [-0.2, -0.15) is 12.6 Å². The van der Waals surface area contributed by atoms with Gasteiger partial charge in [0.1, 0.15) is 5.82 Å². The van der Waals surface area contributed by atoms with Crippen molar-refractivity contribution in [3.8, 4) is 0 Å². The van der Waals surface area contributed by atoms with E-state index in [9.17, 15) is 14.0 Å². The highest BCUT2D eigenvalue weighted by molar-refractivity contribution is 7.81. The second-order valence-corrected chi connectivity index (χ2v) is 4.75. The van der Waals surface area contributed by atoms with Gasteiger partial charge < -0.3 is 9.64 Å². The number of benzene rings is 1. The van der Waals surface area contributed by atoms with E-state index in [2.05, 4.69) is 17.4 Å². The van der Waals surface area contributed by atoms with E-state index < -0.39 is 11.8 Å². The van der Waals surface area contributed by atoms with E-state index in [1.54, 1.807) is 0 Å². The Bertz CT molecular complexity index is 506. The minimum Gasteiger partial charge on any atom is -0.465 e. The lowest BCUT2D eigenvalue weighted by Gasteiger charge is -2.17. The molecular formula is C12H12FNO3S. The van der Waals surface area contributed by atoms with Crippen molar-refractivity contribution < 1.29 is 18.7 Å². The molecule has 0 aliphatic carbocycles. The van der Waals surface area contributed by atoms with Crippen LogP contribution in [0, 0.1) is 5.82 Å². The molecule has 1 unspecified atom stereocenters. The Hall–Kier alpha value is -1.56. The summed E-state index contributed by atoms with van der Waals surface area (Å²) in [4.78, 5) is 24.2. The Labute approximate surface area is 109 Å². The van der Waals surface area contributed by atoms with E-state index in [4.69, 9.17) is 0 Å². The molecule has 2 rings (SSSR count). The molecule has 6 heteroatoms. The smallest absolute Gasteiger partial charge is 0.337 e. The zero-order chi connectivity index (χ0) is 13.3. The minimum atomic E-state index is -0.617. The fourth-order valence-electron chi connectivity index (χ4n) is 1.89. The van der Waals surface area contributed by atoms with Crippen LogP contribution in [0.15, 0.2) is 18.2 Å². The average molecular weight is 269 g/mol. The lowest BCUT2D eigenvalue weighted by molar-refractivity contribution is -0.117. The number of esters is 1. The molecule has 0 aromatic heterocycles. The second kappa shape index (κ2) is 4.97. The van der Waals surface area contributed by atoms with Crippen molar-refractivity contribution in [1.29, 1.82) is 0 Å². The number of methoxy groups -OCH3 is 1. The maximum atomic E-state index is 13.9. The van der Waals surface area contributed by atoms with Crippen LogP contribution in [0.1, 0.15) is 16.8 Å². The van der Waals surface area contributed by atoms with E-state index in [0.29, 0.717) is 13.0 Å². The Kier molecular flexibility index (Phi) is 3.56. The standard InChI is InChI=1S/C12H12FNO3S/c1-17-12(16)7-2-3-10(9(13)4-7)14-6-8(18)5-11(14)15/h2-4,8,18H,5-6H2,1H3. The number of thiol groups is 1. The summed E-state index contributed by atoms with van der Waals surface area (Å²) in [6, 6.07) is 3.91. The first-order valence-electron chi connectivity index (χ1n) is 5.39. The Morgan fingerprint density at radius 3 is 2.78 bits per heavy atom. The third-order valence-electron chi connectivity index (χ3n) is 2.76. The van der Waals surface area contributed by atoms with Crippen LogP contribution in [0.3, 0.4) is 0 Å². The Morgan fingerprint density at radius 2 is 2.28 bits per heavy atom. The highest BCUT2D eigenvalue weighted by atomic mass is 32.1. The van der Waals surface area contributed by atoms with E-state index in [0.717, 1.165) is 6.07 Å². The molecule has 1 aromatic rings. The van der Waals surface area contributed by atoms with Crippen molar-refractivity contribution in [3.63, 3.8) is 0 Å². The van der Waals surface area contributed by atoms with Crippen LogP contribution in [0.4, 0.5) is 10.1 Å². The third kappa shape index (κ3) is 2.33. The van der Waals surface area contributed by atoms with Gasteiger partial charge in [0.2, 0.25) is 5.91 Å². The number of carbonyl (C=O) groups is 2. The number of carbonyl (C=O) groups excluding carboxylic acids is 2. The predicted octanol–water partition coefficient (Wildman–Crippen LogP) is 1.65. The summed E-state index contributed by atoms with van der Waals surface area (Å²) in [5.74, 6) is -1.39. The molecule has 1 saturated heterocycles. The molecule has 1 atom stereocenters. The molecule has 0 radical (unpaired) electrons. The van der Waals surface area contributed by atoms with E-state index >= 15 is 0 Å². The molecule has 0 spiro atoms. The van der Waals surface area contributed by atoms with Crippen LogP contribution in [0.5, 0.6) is 0 Å². The van der Waals surface area contributed by atoms with Gasteiger partial charge in [0.05, 0.1) is 18.4 Å². The van der Waals surface area contributed by atoms with Crippen LogP contribution < -0.4 is 4.90 Å². The van der Waals surface area contributed by atoms with Gasteiger partial charge in [-0.3, -0.25) is 4.79 Å². The van der Waals surface area contributed by atoms with Gasteiger partial charge in [-0.25, -0.2) is 9.18 Å². The zero-order valence-electron chi connectivity index (χ0n) is 9.72. The van der Waals surface area contributed by atoms with E-state index in [-0.39, 0.29) is 22.4 Å². The lowest BCUT2D eigenvalue weighted by Crippen LogP contribution is -2.25. The number of amides is 1. The van der Waals surface area contributed by atoms with Gasteiger partial charge in [0.15, 0.2) is 0 Å². The molecule has 1 aromatic carbocycles. The quantitative estimate of drug-likeness (QED) is 0.656.